The van der Waals surface area contributed by atoms with Crippen LogP contribution < -0.4 is 0 Å². The Bertz CT molecular complexity index is 689. The van der Waals surface area contributed by atoms with Crippen molar-refractivity contribution in [3.8, 4) is 0 Å². The van der Waals surface area contributed by atoms with Gasteiger partial charge in [0.15, 0.2) is 0 Å². The van der Waals surface area contributed by atoms with Gasteiger partial charge in [-0.15, -0.1) is 0 Å². The van der Waals surface area contributed by atoms with E-state index in [0.717, 1.165) is 36.0 Å². The van der Waals surface area contributed by atoms with Gasteiger partial charge in [0, 0.05) is 38.1 Å². The lowest BCUT2D eigenvalue weighted by molar-refractivity contribution is 0.0525. The van der Waals surface area contributed by atoms with E-state index in [2.05, 4.69) is 15.1 Å². The van der Waals surface area contributed by atoms with E-state index in [1.165, 1.54) is 0 Å². The molecule has 0 bridgehead atoms. The number of aliphatic hydroxyl groups excluding tert-OH is 1. The summed E-state index contributed by atoms with van der Waals surface area (Å²) in [5, 5.41) is 17.7. The number of carbonyl (C=O) groups excluding carboxylic acids is 1. The number of carbonyl (C=O) groups is 1. The lowest BCUT2D eigenvalue weighted by atomic mass is 10.1. The molecule has 0 saturated carbocycles. The third kappa shape index (κ3) is 3.38. The third-order valence-corrected chi connectivity index (χ3v) is 4.52. The maximum absolute atomic E-state index is 12.9. The van der Waals surface area contributed by atoms with Crippen molar-refractivity contribution in [1.82, 2.24) is 20.0 Å². The second kappa shape index (κ2) is 6.68. The van der Waals surface area contributed by atoms with Gasteiger partial charge in [-0.3, -0.25) is 14.8 Å². The van der Waals surface area contributed by atoms with Gasteiger partial charge in [0.25, 0.3) is 5.91 Å². The van der Waals surface area contributed by atoms with Crippen molar-refractivity contribution < 1.29 is 9.90 Å². The fraction of sp³-hybridized carbons (Fsp3) is 0.529. The summed E-state index contributed by atoms with van der Waals surface area (Å²) in [7, 11) is 0. The molecule has 1 atom stereocenters. The Morgan fingerprint density at radius 3 is 2.78 bits per heavy atom. The number of hydrogen-bond donors (Lipinski definition) is 2. The number of hydrogen-bond acceptors (Lipinski definition) is 4. The number of aromatic nitrogens is 2. The second-order valence-electron chi connectivity index (χ2n) is 6.30. The molecule has 2 heterocycles. The van der Waals surface area contributed by atoms with Gasteiger partial charge in [-0.2, -0.15) is 5.10 Å². The highest BCUT2D eigenvalue weighted by Crippen LogP contribution is 2.21. The quantitative estimate of drug-likeness (QED) is 0.894. The molecule has 1 aromatic carbocycles. The standard InChI is InChI=1S/C17H24N4O2/c1-3-14(22)11-20-4-6-21(7-5-20)17(23)15-9-12(2)8-13-10-18-19-16(13)15/h8-10,14,22H,3-7,11H2,1-2H3,(H,18,19)/t14-/m0/s1. The molecule has 1 amide bonds. The molecule has 6 nitrogen and oxygen atoms in total. The fourth-order valence-corrected chi connectivity index (χ4v) is 3.11. The minimum absolute atomic E-state index is 0.0543. The van der Waals surface area contributed by atoms with E-state index in [9.17, 15) is 9.90 Å². The number of β-amino-alcohol motifs (C(OH)–C–C–N with tert-alkyl or cyclic N) is 1. The molecule has 124 valence electrons. The van der Waals surface area contributed by atoms with Crippen LogP contribution >= 0.6 is 0 Å². The van der Waals surface area contributed by atoms with Crippen molar-refractivity contribution >= 4 is 16.8 Å². The first kappa shape index (κ1) is 16.0. The summed E-state index contributed by atoms with van der Waals surface area (Å²) >= 11 is 0. The largest absolute Gasteiger partial charge is 0.392 e. The highest BCUT2D eigenvalue weighted by molar-refractivity contribution is 6.05. The van der Waals surface area contributed by atoms with Crippen LogP contribution in [0.5, 0.6) is 0 Å². The number of nitrogens with one attached hydrogen (secondary N) is 1. The molecule has 0 radical (unpaired) electrons. The zero-order valence-corrected chi connectivity index (χ0v) is 13.7. The predicted molar refractivity (Wildman–Crippen MR) is 89.5 cm³/mol. The number of aliphatic hydroxyl groups is 1. The van der Waals surface area contributed by atoms with Crippen molar-refractivity contribution in [1.29, 1.82) is 0 Å². The molecule has 23 heavy (non-hydrogen) atoms. The van der Waals surface area contributed by atoms with Gasteiger partial charge in [0.2, 0.25) is 0 Å². The van der Waals surface area contributed by atoms with Crippen molar-refractivity contribution in [2.45, 2.75) is 26.4 Å². The Hall–Kier alpha value is -1.92. The number of fused-ring (bicyclic) bond motifs is 1. The van der Waals surface area contributed by atoms with Crippen LogP contribution in [0.15, 0.2) is 18.3 Å². The van der Waals surface area contributed by atoms with Crippen LogP contribution in [0.4, 0.5) is 0 Å². The summed E-state index contributed by atoms with van der Waals surface area (Å²) in [6, 6.07) is 3.95. The molecule has 3 rings (SSSR count). The van der Waals surface area contributed by atoms with E-state index >= 15 is 0 Å². The van der Waals surface area contributed by atoms with E-state index in [-0.39, 0.29) is 12.0 Å². The van der Waals surface area contributed by atoms with Gasteiger partial charge in [-0.25, -0.2) is 0 Å². The molecule has 1 saturated heterocycles. The number of piperazine rings is 1. The maximum Gasteiger partial charge on any atom is 0.256 e. The summed E-state index contributed by atoms with van der Waals surface area (Å²) in [5.41, 5.74) is 2.57. The Labute approximate surface area is 136 Å². The van der Waals surface area contributed by atoms with Gasteiger partial charge >= 0.3 is 0 Å². The first-order valence-corrected chi connectivity index (χ1v) is 8.22. The molecule has 0 unspecified atom stereocenters. The van der Waals surface area contributed by atoms with Crippen molar-refractivity contribution in [2.24, 2.45) is 0 Å². The number of nitrogens with zero attached hydrogens (tertiary/aromatic N) is 3. The lowest BCUT2D eigenvalue weighted by Gasteiger charge is -2.35. The Kier molecular flexibility index (Phi) is 4.63. The molecular weight excluding hydrogens is 292 g/mol. The van der Waals surface area contributed by atoms with Gasteiger partial charge in [0.05, 0.1) is 23.4 Å². The highest BCUT2D eigenvalue weighted by atomic mass is 16.3. The predicted octanol–water partition coefficient (Wildman–Crippen LogP) is 1.40. The number of aromatic amines is 1. The fourth-order valence-electron chi connectivity index (χ4n) is 3.11. The Morgan fingerprint density at radius 2 is 2.09 bits per heavy atom. The molecule has 6 heteroatoms. The van der Waals surface area contributed by atoms with Crippen LogP contribution in [0.2, 0.25) is 0 Å². The molecular formula is C17H24N4O2. The van der Waals surface area contributed by atoms with Crippen molar-refractivity contribution in [3.05, 3.63) is 29.5 Å². The van der Waals surface area contributed by atoms with Crippen LogP contribution in [-0.4, -0.2) is 69.8 Å². The highest BCUT2D eigenvalue weighted by Gasteiger charge is 2.24. The van der Waals surface area contributed by atoms with E-state index in [4.69, 9.17) is 0 Å². The normalized spacial score (nSPS) is 17.6. The summed E-state index contributed by atoms with van der Waals surface area (Å²) in [6.45, 7) is 7.66. The first-order chi connectivity index (χ1) is 11.1. The summed E-state index contributed by atoms with van der Waals surface area (Å²) in [6.07, 6.45) is 2.24. The van der Waals surface area contributed by atoms with Crippen LogP contribution in [0, 0.1) is 6.92 Å². The number of benzene rings is 1. The first-order valence-electron chi connectivity index (χ1n) is 8.22. The van der Waals surface area contributed by atoms with Gasteiger partial charge in [-0.1, -0.05) is 6.92 Å². The Balaban J connectivity index is 1.71. The number of aryl methyl sites for hydroxylation is 1. The number of amides is 1. The molecule has 0 aliphatic carbocycles. The summed E-state index contributed by atoms with van der Waals surface area (Å²) in [4.78, 5) is 17.0. The zero-order valence-electron chi connectivity index (χ0n) is 13.7. The van der Waals surface area contributed by atoms with Gasteiger partial charge < -0.3 is 10.0 Å². The molecule has 1 fully saturated rings. The van der Waals surface area contributed by atoms with Crippen LogP contribution in [-0.2, 0) is 0 Å². The average molecular weight is 316 g/mol. The third-order valence-electron chi connectivity index (χ3n) is 4.52. The van der Waals surface area contributed by atoms with Crippen LogP contribution in [0.25, 0.3) is 10.9 Å². The van der Waals surface area contributed by atoms with Crippen LogP contribution in [0.1, 0.15) is 29.3 Å². The molecule has 1 aromatic heterocycles. The van der Waals surface area contributed by atoms with E-state index < -0.39 is 0 Å². The average Bonchev–Trinajstić information content (AvgIpc) is 3.02. The SMILES string of the molecule is CC[C@H](O)CN1CCN(C(=O)c2cc(C)cc3cn[nH]c23)CC1. The molecule has 1 aliphatic heterocycles. The topological polar surface area (TPSA) is 72.5 Å². The smallest absolute Gasteiger partial charge is 0.256 e. The van der Waals surface area contributed by atoms with Gasteiger partial charge in [0.1, 0.15) is 0 Å². The minimum atomic E-state index is -0.279. The van der Waals surface area contributed by atoms with Crippen molar-refractivity contribution in [2.75, 3.05) is 32.7 Å². The van der Waals surface area contributed by atoms with Crippen LogP contribution in [0.3, 0.4) is 0 Å². The van der Waals surface area contributed by atoms with E-state index in [1.807, 2.05) is 30.9 Å². The molecule has 2 N–H and O–H groups in total. The van der Waals surface area contributed by atoms with Crippen molar-refractivity contribution in [3.63, 3.8) is 0 Å². The minimum Gasteiger partial charge on any atom is -0.392 e. The Morgan fingerprint density at radius 1 is 1.35 bits per heavy atom. The maximum atomic E-state index is 12.9. The molecule has 2 aromatic rings. The second-order valence-corrected chi connectivity index (χ2v) is 6.30. The number of rotatable bonds is 4. The molecule has 1 aliphatic rings. The summed E-state index contributed by atoms with van der Waals surface area (Å²) in [5.74, 6) is 0.0543. The van der Waals surface area contributed by atoms with E-state index in [1.54, 1.807) is 6.20 Å². The zero-order chi connectivity index (χ0) is 16.4. The monoisotopic (exact) mass is 316 g/mol. The van der Waals surface area contributed by atoms with E-state index in [0.29, 0.717) is 25.2 Å². The lowest BCUT2D eigenvalue weighted by Crippen LogP contribution is -2.50. The summed E-state index contributed by atoms with van der Waals surface area (Å²) < 4.78 is 0. The molecule has 0 spiro atoms. The van der Waals surface area contributed by atoms with Gasteiger partial charge in [-0.05, 0) is 31.0 Å². The number of H-pyrrole nitrogens is 1.